The number of pyridine rings is 1. The second-order valence-corrected chi connectivity index (χ2v) is 4.48. The SMILES string of the molecule is CCC(C)CC(=O)Nc1ccncc1Br. The molecule has 1 atom stereocenters. The summed E-state index contributed by atoms with van der Waals surface area (Å²) in [5.74, 6) is 0.474. The third-order valence-corrected chi connectivity index (χ3v) is 2.91. The van der Waals surface area contributed by atoms with Gasteiger partial charge < -0.3 is 5.32 Å². The number of nitrogens with zero attached hydrogens (tertiary/aromatic N) is 1. The number of amides is 1. The zero-order valence-corrected chi connectivity index (χ0v) is 10.5. The summed E-state index contributed by atoms with van der Waals surface area (Å²) in [4.78, 5) is 15.5. The van der Waals surface area contributed by atoms with Crippen LogP contribution >= 0.6 is 15.9 Å². The standard InChI is InChI=1S/C11H15BrN2O/c1-3-8(2)6-11(15)14-10-4-5-13-7-9(10)12/h4-5,7-8H,3,6H2,1-2H3,(H,13,14,15). The fraction of sp³-hybridized carbons (Fsp3) is 0.455. The smallest absolute Gasteiger partial charge is 0.224 e. The maximum absolute atomic E-state index is 11.6. The molecule has 0 saturated carbocycles. The Bertz CT molecular complexity index is 341. The maximum Gasteiger partial charge on any atom is 0.224 e. The van der Waals surface area contributed by atoms with Crippen molar-refractivity contribution in [3.05, 3.63) is 22.9 Å². The predicted octanol–water partition coefficient (Wildman–Crippen LogP) is 3.22. The zero-order chi connectivity index (χ0) is 11.3. The first-order valence-electron chi connectivity index (χ1n) is 5.02. The fourth-order valence-electron chi connectivity index (χ4n) is 1.14. The third kappa shape index (κ3) is 4.00. The Morgan fingerprint density at radius 1 is 1.67 bits per heavy atom. The monoisotopic (exact) mass is 270 g/mol. The summed E-state index contributed by atoms with van der Waals surface area (Å²) < 4.78 is 0.808. The first kappa shape index (κ1) is 12.2. The average Bonchev–Trinajstić information content (AvgIpc) is 2.21. The van der Waals surface area contributed by atoms with Crippen molar-refractivity contribution in [2.24, 2.45) is 5.92 Å². The van der Waals surface area contributed by atoms with Gasteiger partial charge in [-0.05, 0) is 27.9 Å². The van der Waals surface area contributed by atoms with Crippen LogP contribution in [0.1, 0.15) is 26.7 Å². The van der Waals surface area contributed by atoms with Crippen molar-refractivity contribution in [2.75, 3.05) is 5.32 Å². The first-order valence-corrected chi connectivity index (χ1v) is 5.82. The molecule has 15 heavy (non-hydrogen) atoms. The van der Waals surface area contributed by atoms with Gasteiger partial charge >= 0.3 is 0 Å². The quantitative estimate of drug-likeness (QED) is 0.913. The summed E-state index contributed by atoms with van der Waals surface area (Å²) in [6.07, 6.45) is 4.90. The number of rotatable bonds is 4. The molecule has 0 saturated heterocycles. The van der Waals surface area contributed by atoms with Crippen LogP contribution in [0.4, 0.5) is 5.69 Å². The van der Waals surface area contributed by atoms with Crippen LogP contribution in [-0.2, 0) is 4.79 Å². The first-order chi connectivity index (χ1) is 7.13. The normalized spacial score (nSPS) is 12.2. The number of anilines is 1. The number of carbonyl (C=O) groups excluding carboxylic acids is 1. The number of halogens is 1. The highest BCUT2D eigenvalue weighted by atomic mass is 79.9. The molecule has 82 valence electrons. The summed E-state index contributed by atoms with van der Waals surface area (Å²) in [5.41, 5.74) is 0.776. The van der Waals surface area contributed by atoms with Crippen LogP contribution in [0.15, 0.2) is 22.9 Å². The predicted molar refractivity (Wildman–Crippen MR) is 64.6 cm³/mol. The Hall–Kier alpha value is -0.900. The molecule has 0 spiro atoms. The molecule has 0 aliphatic rings. The molecule has 0 aliphatic heterocycles. The molecule has 1 aromatic rings. The molecule has 1 unspecified atom stereocenters. The number of nitrogens with one attached hydrogen (secondary N) is 1. The molecular weight excluding hydrogens is 256 g/mol. The maximum atomic E-state index is 11.6. The van der Waals surface area contributed by atoms with E-state index in [1.165, 1.54) is 0 Å². The van der Waals surface area contributed by atoms with E-state index in [-0.39, 0.29) is 5.91 Å². The number of hydrogen-bond acceptors (Lipinski definition) is 2. The highest BCUT2D eigenvalue weighted by Gasteiger charge is 2.08. The lowest BCUT2D eigenvalue weighted by Crippen LogP contribution is -2.15. The van der Waals surface area contributed by atoms with Crippen LogP contribution in [0.3, 0.4) is 0 Å². The summed E-state index contributed by atoms with van der Waals surface area (Å²) in [5, 5.41) is 2.85. The van der Waals surface area contributed by atoms with E-state index in [2.05, 4.69) is 40.1 Å². The molecule has 0 bridgehead atoms. The van der Waals surface area contributed by atoms with Gasteiger partial charge in [-0.2, -0.15) is 0 Å². The van der Waals surface area contributed by atoms with Crippen molar-refractivity contribution in [3.8, 4) is 0 Å². The summed E-state index contributed by atoms with van der Waals surface area (Å²) in [7, 11) is 0. The summed E-state index contributed by atoms with van der Waals surface area (Å²) >= 11 is 3.33. The molecular formula is C11H15BrN2O. The van der Waals surface area contributed by atoms with Crippen molar-refractivity contribution in [1.29, 1.82) is 0 Å². The Kier molecular flexibility index (Phi) is 4.75. The Morgan fingerprint density at radius 2 is 2.40 bits per heavy atom. The molecule has 4 heteroatoms. The minimum absolute atomic E-state index is 0.0521. The van der Waals surface area contributed by atoms with E-state index >= 15 is 0 Å². The molecule has 1 aromatic heterocycles. The van der Waals surface area contributed by atoms with Crippen molar-refractivity contribution in [3.63, 3.8) is 0 Å². The van der Waals surface area contributed by atoms with Gasteiger partial charge in [-0.25, -0.2) is 0 Å². The minimum Gasteiger partial charge on any atom is -0.325 e. The van der Waals surface area contributed by atoms with Gasteiger partial charge in [-0.1, -0.05) is 20.3 Å². The van der Waals surface area contributed by atoms with E-state index in [0.717, 1.165) is 16.6 Å². The Labute approximate surface area is 98.4 Å². The number of aromatic nitrogens is 1. The molecule has 1 N–H and O–H groups in total. The molecule has 0 radical (unpaired) electrons. The second-order valence-electron chi connectivity index (χ2n) is 3.62. The molecule has 1 heterocycles. The zero-order valence-electron chi connectivity index (χ0n) is 8.96. The number of carbonyl (C=O) groups is 1. The van der Waals surface area contributed by atoms with Crippen molar-refractivity contribution < 1.29 is 4.79 Å². The third-order valence-electron chi connectivity index (χ3n) is 2.28. The van der Waals surface area contributed by atoms with Crippen LogP contribution in [0.2, 0.25) is 0 Å². The topological polar surface area (TPSA) is 42.0 Å². The van der Waals surface area contributed by atoms with Gasteiger partial charge in [0.05, 0.1) is 10.2 Å². The van der Waals surface area contributed by atoms with Crippen LogP contribution in [0, 0.1) is 5.92 Å². The van der Waals surface area contributed by atoms with E-state index in [9.17, 15) is 4.79 Å². The van der Waals surface area contributed by atoms with E-state index in [1.807, 2.05) is 0 Å². The number of hydrogen-bond donors (Lipinski definition) is 1. The van der Waals surface area contributed by atoms with Gasteiger partial charge in [0, 0.05) is 18.8 Å². The molecule has 0 aromatic carbocycles. The lowest BCUT2D eigenvalue weighted by molar-refractivity contribution is -0.117. The van der Waals surface area contributed by atoms with Gasteiger partial charge in [0.15, 0.2) is 0 Å². The Morgan fingerprint density at radius 3 is 3.00 bits per heavy atom. The van der Waals surface area contributed by atoms with Gasteiger partial charge in [-0.3, -0.25) is 9.78 Å². The van der Waals surface area contributed by atoms with Crippen molar-refractivity contribution >= 4 is 27.5 Å². The van der Waals surface area contributed by atoms with E-state index in [4.69, 9.17) is 0 Å². The Balaban J connectivity index is 2.55. The van der Waals surface area contributed by atoms with E-state index in [1.54, 1.807) is 18.5 Å². The lowest BCUT2D eigenvalue weighted by atomic mass is 10.1. The van der Waals surface area contributed by atoms with Gasteiger partial charge in [0.25, 0.3) is 0 Å². The lowest BCUT2D eigenvalue weighted by Gasteiger charge is -2.09. The summed E-state index contributed by atoms with van der Waals surface area (Å²) in [6.45, 7) is 4.15. The molecule has 1 amide bonds. The van der Waals surface area contributed by atoms with Gasteiger partial charge in [-0.15, -0.1) is 0 Å². The van der Waals surface area contributed by atoms with E-state index < -0.39 is 0 Å². The van der Waals surface area contributed by atoms with Gasteiger partial charge in [0.1, 0.15) is 0 Å². The average molecular weight is 271 g/mol. The summed E-state index contributed by atoms with van der Waals surface area (Å²) in [6, 6.07) is 1.78. The second kappa shape index (κ2) is 5.85. The van der Waals surface area contributed by atoms with E-state index in [0.29, 0.717) is 12.3 Å². The van der Waals surface area contributed by atoms with Crippen LogP contribution in [-0.4, -0.2) is 10.9 Å². The van der Waals surface area contributed by atoms with Crippen LogP contribution in [0.25, 0.3) is 0 Å². The van der Waals surface area contributed by atoms with Crippen LogP contribution in [0.5, 0.6) is 0 Å². The molecule has 0 fully saturated rings. The van der Waals surface area contributed by atoms with Crippen LogP contribution < -0.4 is 5.32 Å². The largest absolute Gasteiger partial charge is 0.325 e. The van der Waals surface area contributed by atoms with Crippen molar-refractivity contribution in [1.82, 2.24) is 4.98 Å². The highest BCUT2D eigenvalue weighted by molar-refractivity contribution is 9.10. The minimum atomic E-state index is 0.0521. The van der Waals surface area contributed by atoms with Gasteiger partial charge in [0.2, 0.25) is 5.91 Å². The molecule has 0 aliphatic carbocycles. The highest BCUT2D eigenvalue weighted by Crippen LogP contribution is 2.20. The molecule has 3 nitrogen and oxygen atoms in total. The molecule has 1 rings (SSSR count). The fourth-order valence-corrected chi connectivity index (χ4v) is 1.49. The van der Waals surface area contributed by atoms with Crippen molar-refractivity contribution in [2.45, 2.75) is 26.7 Å².